The molecule has 22 heavy (non-hydrogen) atoms. The van der Waals surface area contributed by atoms with Crippen LogP contribution in [0.25, 0.3) is 0 Å². The number of thiocarbonyl (C=S) groups is 1. The van der Waals surface area contributed by atoms with Crippen LogP contribution in [-0.2, 0) is 9.59 Å². The Balaban J connectivity index is 1.68. The molecule has 4 aliphatic rings. The first-order valence-corrected chi connectivity index (χ1v) is 9.39. The van der Waals surface area contributed by atoms with Gasteiger partial charge in [0.25, 0.3) is 0 Å². The normalized spacial score (nSPS) is 51.3. The molecular weight excluding hydrogens is 292 g/mol. The molecule has 6 atom stereocenters. The predicted octanol–water partition coefficient (Wildman–Crippen LogP) is 4.15. The molecule has 0 amide bonds. The number of rotatable bonds is 0. The molecule has 0 saturated heterocycles. The Morgan fingerprint density at radius 1 is 0.955 bits per heavy atom. The molecule has 0 aromatic rings. The summed E-state index contributed by atoms with van der Waals surface area (Å²) in [6, 6.07) is 0. The molecule has 0 aromatic heterocycles. The molecule has 4 unspecified atom stereocenters. The Morgan fingerprint density at radius 3 is 2.50 bits per heavy atom. The zero-order valence-corrected chi connectivity index (χ0v) is 14.5. The summed E-state index contributed by atoms with van der Waals surface area (Å²) >= 11 is 5.52. The van der Waals surface area contributed by atoms with Crippen molar-refractivity contribution in [2.75, 3.05) is 0 Å². The maximum absolute atomic E-state index is 12.4. The van der Waals surface area contributed by atoms with E-state index in [0.29, 0.717) is 35.9 Å². The third-order valence-corrected chi connectivity index (χ3v) is 8.57. The highest BCUT2D eigenvalue weighted by Gasteiger charge is 2.60. The molecule has 120 valence electrons. The quantitative estimate of drug-likeness (QED) is 0.629. The van der Waals surface area contributed by atoms with Crippen molar-refractivity contribution in [1.29, 1.82) is 0 Å². The van der Waals surface area contributed by atoms with E-state index in [9.17, 15) is 9.59 Å². The van der Waals surface area contributed by atoms with Gasteiger partial charge in [-0.25, -0.2) is 0 Å². The van der Waals surface area contributed by atoms with Crippen LogP contribution in [0.2, 0.25) is 0 Å². The van der Waals surface area contributed by atoms with E-state index in [1.54, 1.807) is 0 Å². The maximum atomic E-state index is 12.4. The van der Waals surface area contributed by atoms with Gasteiger partial charge in [-0.3, -0.25) is 9.59 Å². The van der Waals surface area contributed by atoms with Gasteiger partial charge in [0.15, 0.2) is 5.78 Å². The lowest BCUT2D eigenvalue weighted by molar-refractivity contribution is -0.136. The maximum Gasteiger partial charge on any atom is 0.169 e. The molecule has 0 spiro atoms. The van der Waals surface area contributed by atoms with Gasteiger partial charge in [0.05, 0.1) is 4.86 Å². The highest BCUT2D eigenvalue weighted by Crippen LogP contribution is 2.64. The molecule has 0 aromatic carbocycles. The number of carbonyl (C=O) groups is 2. The number of carbonyl (C=O) groups excluding carboxylic acids is 2. The third kappa shape index (κ3) is 1.75. The monoisotopic (exact) mass is 318 g/mol. The summed E-state index contributed by atoms with van der Waals surface area (Å²) in [6.07, 6.45) is 8.01. The van der Waals surface area contributed by atoms with Crippen LogP contribution in [0.3, 0.4) is 0 Å². The van der Waals surface area contributed by atoms with Crippen molar-refractivity contribution in [2.45, 2.75) is 65.2 Å². The largest absolute Gasteiger partial charge is 0.299 e. The summed E-state index contributed by atoms with van der Waals surface area (Å²) in [7, 11) is 0. The van der Waals surface area contributed by atoms with E-state index in [2.05, 4.69) is 13.8 Å². The number of fused-ring (bicyclic) bond motifs is 5. The second-order valence-electron chi connectivity index (χ2n) is 8.72. The van der Waals surface area contributed by atoms with Crippen LogP contribution in [0.4, 0.5) is 0 Å². The van der Waals surface area contributed by atoms with E-state index in [4.69, 9.17) is 12.2 Å². The van der Waals surface area contributed by atoms with Crippen molar-refractivity contribution in [1.82, 2.24) is 0 Å². The van der Waals surface area contributed by atoms with E-state index < -0.39 is 0 Å². The van der Waals surface area contributed by atoms with Crippen LogP contribution in [-0.4, -0.2) is 16.4 Å². The highest BCUT2D eigenvalue weighted by atomic mass is 32.1. The fourth-order valence-corrected chi connectivity index (χ4v) is 7.21. The Bertz CT molecular complexity index is 568. The van der Waals surface area contributed by atoms with Crippen LogP contribution in [0.15, 0.2) is 0 Å². The van der Waals surface area contributed by atoms with Crippen molar-refractivity contribution < 1.29 is 9.59 Å². The minimum absolute atomic E-state index is 0.0463. The Kier molecular flexibility index (Phi) is 3.21. The summed E-state index contributed by atoms with van der Waals surface area (Å²) in [5.41, 5.74) is 0.163. The van der Waals surface area contributed by atoms with Crippen molar-refractivity contribution in [3.05, 3.63) is 0 Å². The summed E-state index contributed by atoms with van der Waals surface area (Å²) < 4.78 is 0. The summed E-state index contributed by atoms with van der Waals surface area (Å²) in [4.78, 5) is 25.2. The molecule has 0 bridgehead atoms. The number of ketones is 2. The standard InChI is InChI=1S/C19H26O2S/c1-18-10-8-15(20)17(22)14(18)4-3-11-12-5-6-16(21)19(12,2)9-7-13(11)18/h11-14H,3-10H2,1-2H3/t11?,12?,13?,14?,18-,19+/m1/s1. The molecule has 4 rings (SSSR count). The molecule has 0 radical (unpaired) electrons. The van der Waals surface area contributed by atoms with Gasteiger partial charge in [-0.1, -0.05) is 26.1 Å². The Labute approximate surface area is 138 Å². The van der Waals surface area contributed by atoms with E-state index in [1.807, 2.05) is 0 Å². The molecule has 0 N–H and O–H groups in total. The van der Waals surface area contributed by atoms with E-state index >= 15 is 0 Å². The first kappa shape index (κ1) is 15.0. The van der Waals surface area contributed by atoms with Gasteiger partial charge in [-0.2, -0.15) is 0 Å². The van der Waals surface area contributed by atoms with Crippen molar-refractivity contribution in [3.8, 4) is 0 Å². The number of Topliss-reactive ketones (excluding diaryl/α,β-unsaturated/α-hetero) is 2. The zero-order chi connectivity index (χ0) is 15.7. The molecule has 0 heterocycles. The Hall–Kier alpha value is -0.570. The second-order valence-corrected chi connectivity index (χ2v) is 9.16. The van der Waals surface area contributed by atoms with Crippen LogP contribution in [0.1, 0.15) is 65.2 Å². The molecular formula is C19H26O2S. The Morgan fingerprint density at radius 2 is 1.73 bits per heavy atom. The van der Waals surface area contributed by atoms with Gasteiger partial charge in [0.1, 0.15) is 5.78 Å². The van der Waals surface area contributed by atoms with Gasteiger partial charge in [-0.05, 0) is 61.7 Å². The molecule has 0 aliphatic heterocycles. The predicted molar refractivity (Wildman–Crippen MR) is 89.7 cm³/mol. The lowest BCUT2D eigenvalue weighted by Gasteiger charge is -2.59. The highest BCUT2D eigenvalue weighted by molar-refractivity contribution is 7.82. The second kappa shape index (κ2) is 4.72. The van der Waals surface area contributed by atoms with E-state index in [1.165, 1.54) is 6.42 Å². The van der Waals surface area contributed by atoms with Crippen LogP contribution in [0, 0.1) is 34.5 Å². The molecule has 4 fully saturated rings. The smallest absolute Gasteiger partial charge is 0.169 e. The fraction of sp³-hybridized carbons (Fsp3) is 0.842. The zero-order valence-electron chi connectivity index (χ0n) is 13.7. The lowest BCUT2D eigenvalue weighted by atomic mass is 9.45. The van der Waals surface area contributed by atoms with Crippen LogP contribution >= 0.6 is 12.2 Å². The van der Waals surface area contributed by atoms with Gasteiger partial charge in [-0.15, -0.1) is 0 Å². The number of hydrogen-bond acceptors (Lipinski definition) is 3. The van der Waals surface area contributed by atoms with Crippen molar-refractivity contribution in [2.24, 2.45) is 34.5 Å². The molecule has 4 saturated carbocycles. The minimum atomic E-state index is -0.0463. The van der Waals surface area contributed by atoms with E-state index in [-0.39, 0.29) is 16.6 Å². The SMILES string of the molecule is C[C@]12CCC(=O)C(=S)C1CCC1C2CC[C@]2(C)C(=O)CCC12. The first-order chi connectivity index (χ1) is 10.4. The molecule has 4 aliphatic carbocycles. The fourth-order valence-electron chi connectivity index (χ4n) is 6.72. The third-order valence-electron chi connectivity index (χ3n) is 8.06. The van der Waals surface area contributed by atoms with Crippen molar-refractivity contribution in [3.63, 3.8) is 0 Å². The summed E-state index contributed by atoms with van der Waals surface area (Å²) in [5.74, 6) is 3.00. The minimum Gasteiger partial charge on any atom is -0.299 e. The van der Waals surface area contributed by atoms with Crippen molar-refractivity contribution >= 4 is 28.6 Å². The number of hydrogen-bond donors (Lipinski definition) is 0. The average molecular weight is 318 g/mol. The summed E-state index contributed by atoms with van der Waals surface area (Å²) in [6.45, 7) is 4.62. The average Bonchev–Trinajstić information content (AvgIpc) is 2.79. The molecule has 2 nitrogen and oxygen atoms in total. The van der Waals surface area contributed by atoms with Gasteiger partial charge < -0.3 is 0 Å². The lowest BCUT2D eigenvalue weighted by Crippen LogP contribution is -2.55. The van der Waals surface area contributed by atoms with Crippen LogP contribution < -0.4 is 0 Å². The van der Waals surface area contributed by atoms with E-state index in [0.717, 1.165) is 43.4 Å². The first-order valence-electron chi connectivity index (χ1n) is 8.98. The van der Waals surface area contributed by atoms with Gasteiger partial charge >= 0.3 is 0 Å². The summed E-state index contributed by atoms with van der Waals surface area (Å²) in [5, 5.41) is 0. The van der Waals surface area contributed by atoms with Gasteiger partial charge in [0.2, 0.25) is 0 Å². The van der Waals surface area contributed by atoms with Crippen LogP contribution in [0.5, 0.6) is 0 Å². The van der Waals surface area contributed by atoms with Gasteiger partial charge in [0, 0.05) is 24.2 Å². The topological polar surface area (TPSA) is 34.1 Å². The molecule has 3 heteroatoms.